The van der Waals surface area contributed by atoms with Gasteiger partial charge in [0.15, 0.2) is 0 Å². The number of nitrogens with zero attached hydrogens (tertiary/aromatic N) is 1. The van der Waals surface area contributed by atoms with E-state index in [4.69, 9.17) is 5.73 Å². The third-order valence-corrected chi connectivity index (χ3v) is 2.19. The van der Waals surface area contributed by atoms with Gasteiger partial charge in [0.05, 0.1) is 12.6 Å². The van der Waals surface area contributed by atoms with Crippen LogP contribution in [0.3, 0.4) is 0 Å². The van der Waals surface area contributed by atoms with Crippen molar-refractivity contribution in [1.29, 1.82) is 0 Å². The Hall–Kier alpha value is -1.10. The summed E-state index contributed by atoms with van der Waals surface area (Å²) in [5.41, 5.74) is 5.23. The molecule has 0 saturated carbocycles. The van der Waals surface area contributed by atoms with E-state index >= 15 is 0 Å². The van der Waals surface area contributed by atoms with Crippen molar-refractivity contribution in [2.75, 3.05) is 20.1 Å². The lowest BCUT2D eigenvalue weighted by Crippen LogP contribution is -2.48. The molecule has 0 spiro atoms. The van der Waals surface area contributed by atoms with Gasteiger partial charge >= 0.3 is 0 Å². The fraction of sp³-hybridized carbons (Fsp3) is 0.778. The molecule has 0 aromatic heterocycles. The number of carbonyl (C=O) groups excluding carboxylic acids is 2. The predicted octanol–water partition coefficient (Wildman–Crippen LogP) is -0.682. The Kier molecular flexibility index (Phi) is 5.87. The minimum absolute atomic E-state index is 0.105. The summed E-state index contributed by atoms with van der Waals surface area (Å²) in [5, 5.41) is 2.51. The van der Waals surface area contributed by atoms with Gasteiger partial charge in [0.1, 0.15) is 0 Å². The van der Waals surface area contributed by atoms with Gasteiger partial charge in [0.2, 0.25) is 11.8 Å². The lowest BCUT2D eigenvalue weighted by Gasteiger charge is -2.26. The molecule has 82 valence electrons. The summed E-state index contributed by atoms with van der Waals surface area (Å²) < 4.78 is 0. The first kappa shape index (κ1) is 12.9. The number of hydrogen-bond donors (Lipinski definition) is 2. The van der Waals surface area contributed by atoms with Crippen molar-refractivity contribution in [1.82, 2.24) is 10.2 Å². The number of carbonyl (C=O) groups is 2. The standard InChI is InChI=1S/C9H19N3O2/c1-4-7(9(10)14)12(5-2)6-8(13)11-3/h7H,4-6H2,1-3H3,(H2,10,14)(H,11,13). The van der Waals surface area contributed by atoms with E-state index in [2.05, 4.69) is 5.32 Å². The van der Waals surface area contributed by atoms with E-state index < -0.39 is 0 Å². The predicted molar refractivity (Wildman–Crippen MR) is 54.6 cm³/mol. The molecule has 2 amide bonds. The van der Waals surface area contributed by atoms with E-state index in [9.17, 15) is 9.59 Å². The number of amides is 2. The maximum atomic E-state index is 11.1. The molecule has 0 bridgehead atoms. The molecule has 0 fully saturated rings. The van der Waals surface area contributed by atoms with Gasteiger partial charge in [-0.2, -0.15) is 0 Å². The van der Waals surface area contributed by atoms with Crippen molar-refractivity contribution in [2.45, 2.75) is 26.3 Å². The Morgan fingerprint density at radius 3 is 2.29 bits per heavy atom. The second-order valence-electron chi connectivity index (χ2n) is 3.06. The van der Waals surface area contributed by atoms with Crippen LogP contribution in [0.1, 0.15) is 20.3 Å². The molecule has 1 atom stereocenters. The Morgan fingerprint density at radius 2 is 2.00 bits per heavy atom. The molecule has 3 N–H and O–H groups in total. The largest absolute Gasteiger partial charge is 0.368 e. The third-order valence-electron chi connectivity index (χ3n) is 2.19. The van der Waals surface area contributed by atoms with E-state index in [1.165, 1.54) is 0 Å². The Balaban J connectivity index is 4.36. The van der Waals surface area contributed by atoms with Crippen molar-refractivity contribution < 1.29 is 9.59 Å². The van der Waals surface area contributed by atoms with Crippen LogP contribution in [0.25, 0.3) is 0 Å². The molecule has 0 aromatic carbocycles. The van der Waals surface area contributed by atoms with Crippen LogP contribution in [0.5, 0.6) is 0 Å². The van der Waals surface area contributed by atoms with Crippen molar-refractivity contribution in [3.05, 3.63) is 0 Å². The molecule has 0 radical (unpaired) electrons. The monoisotopic (exact) mass is 201 g/mol. The molecule has 0 rings (SSSR count). The SMILES string of the molecule is CCC(C(N)=O)N(CC)CC(=O)NC. The zero-order valence-electron chi connectivity index (χ0n) is 9.04. The first-order chi connectivity index (χ1) is 6.56. The lowest BCUT2D eigenvalue weighted by atomic mass is 10.2. The second kappa shape index (κ2) is 6.37. The molecule has 5 nitrogen and oxygen atoms in total. The van der Waals surface area contributed by atoms with E-state index in [-0.39, 0.29) is 24.4 Å². The van der Waals surface area contributed by atoms with Gasteiger partial charge in [0, 0.05) is 7.05 Å². The molecule has 0 heterocycles. The highest BCUT2D eigenvalue weighted by Crippen LogP contribution is 2.02. The molecule has 5 heteroatoms. The van der Waals surface area contributed by atoms with Gasteiger partial charge in [-0.1, -0.05) is 13.8 Å². The average Bonchev–Trinajstić information content (AvgIpc) is 2.16. The normalized spacial score (nSPS) is 12.6. The summed E-state index contributed by atoms with van der Waals surface area (Å²) in [5.74, 6) is -0.482. The minimum Gasteiger partial charge on any atom is -0.368 e. The maximum absolute atomic E-state index is 11.1. The van der Waals surface area contributed by atoms with Gasteiger partial charge in [-0.05, 0) is 13.0 Å². The highest BCUT2D eigenvalue weighted by Gasteiger charge is 2.21. The van der Waals surface area contributed by atoms with Crippen LogP contribution in [-0.2, 0) is 9.59 Å². The van der Waals surface area contributed by atoms with Crippen molar-refractivity contribution in [2.24, 2.45) is 5.73 Å². The lowest BCUT2D eigenvalue weighted by molar-refractivity contribution is -0.126. The summed E-state index contributed by atoms with van der Waals surface area (Å²) in [6.45, 7) is 4.62. The van der Waals surface area contributed by atoms with Crippen molar-refractivity contribution >= 4 is 11.8 Å². The van der Waals surface area contributed by atoms with Gasteiger partial charge in [-0.15, -0.1) is 0 Å². The molecule has 1 unspecified atom stereocenters. The highest BCUT2D eigenvalue weighted by molar-refractivity contribution is 5.82. The van der Waals surface area contributed by atoms with Crippen LogP contribution < -0.4 is 11.1 Å². The molecule has 0 saturated heterocycles. The fourth-order valence-electron chi connectivity index (χ4n) is 1.35. The Morgan fingerprint density at radius 1 is 1.43 bits per heavy atom. The number of nitrogens with two attached hydrogens (primary N) is 1. The highest BCUT2D eigenvalue weighted by atomic mass is 16.2. The molecular formula is C9H19N3O2. The fourth-order valence-corrected chi connectivity index (χ4v) is 1.35. The molecule has 0 aliphatic heterocycles. The van der Waals surface area contributed by atoms with E-state index in [1.807, 2.05) is 13.8 Å². The summed E-state index contributed by atoms with van der Waals surface area (Å²) >= 11 is 0. The van der Waals surface area contributed by atoms with Gasteiger partial charge in [-0.25, -0.2) is 0 Å². The first-order valence-corrected chi connectivity index (χ1v) is 4.80. The molecule has 14 heavy (non-hydrogen) atoms. The zero-order chi connectivity index (χ0) is 11.1. The van der Waals surface area contributed by atoms with Crippen LogP contribution in [0, 0.1) is 0 Å². The van der Waals surface area contributed by atoms with Crippen LogP contribution in [0.15, 0.2) is 0 Å². The molecule has 0 aliphatic carbocycles. The molecular weight excluding hydrogens is 182 g/mol. The van der Waals surface area contributed by atoms with Crippen LogP contribution in [0.2, 0.25) is 0 Å². The van der Waals surface area contributed by atoms with Crippen LogP contribution in [0.4, 0.5) is 0 Å². The van der Waals surface area contributed by atoms with Crippen molar-refractivity contribution in [3.8, 4) is 0 Å². The Bertz CT molecular complexity index is 206. The van der Waals surface area contributed by atoms with Crippen LogP contribution >= 0.6 is 0 Å². The van der Waals surface area contributed by atoms with E-state index in [0.29, 0.717) is 13.0 Å². The quantitative estimate of drug-likeness (QED) is 0.597. The maximum Gasteiger partial charge on any atom is 0.234 e. The summed E-state index contributed by atoms with van der Waals surface area (Å²) in [6, 6.07) is -0.350. The molecule has 0 aliphatic rings. The van der Waals surface area contributed by atoms with E-state index in [1.54, 1.807) is 11.9 Å². The zero-order valence-corrected chi connectivity index (χ0v) is 9.04. The third kappa shape index (κ3) is 3.74. The Labute approximate surface area is 84.6 Å². The summed E-state index contributed by atoms with van der Waals surface area (Å²) in [4.78, 5) is 23.9. The van der Waals surface area contributed by atoms with Crippen molar-refractivity contribution in [3.63, 3.8) is 0 Å². The van der Waals surface area contributed by atoms with Gasteiger partial charge in [-0.3, -0.25) is 14.5 Å². The first-order valence-electron chi connectivity index (χ1n) is 4.80. The number of nitrogens with one attached hydrogen (secondary N) is 1. The average molecular weight is 201 g/mol. The van der Waals surface area contributed by atoms with Crippen LogP contribution in [-0.4, -0.2) is 42.9 Å². The van der Waals surface area contributed by atoms with Gasteiger partial charge in [0.25, 0.3) is 0 Å². The van der Waals surface area contributed by atoms with Gasteiger partial charge < -0.3 is 11.1 Å². The topological polar surface area (TPSA) is 75.4 Å². The van der Waals surface area contributed by atoms with E-state index in [0.717, 1.165) is 0 Å². The minimum atomic E-state index is -0.377. The second-order valence-corrected chi connectivity index (χ2v) is 3.06. The summed E-state index contributed by atoms with van der Waals surface area (Å²) in [7, 11) is 1.57. The number of likely N-dealkylation sites (N-methyl/N-ethyl adjacent to an activating group) is 2. The number of primary amides is 1. The number of hydrogen-bond acceptors (Lipinski definition) is 3. The summed E-state index contributed by atoms with van der Waals surface area (Å²) in [6.07, 6.45) is 0.625. The number of rotatable bonds is 6. The smallest absolute Gasteiger partial charge is 0.234 e. The molecule has 0 aromatic rings.